The van der Waals surface area contributed by atoms with Gasteiger partial charge in [-0.25, -0.2) is 4.98 Å². The minimum Gasteiger partial charge on any atom is -0.345 e. The molecule has 1 aromatic carbocycles. The number of likely N-dealkylation sites (tertiary alicyclic amines) is 2. The predicted molar refractivity (Wildman–Crippen MR) is 135 cm³/mol. The molecule has 7 heteroatoms. The molecule has 1 N–H and O–H groups in total. The van der Waals surface area contributed by atoms with Crippen LogP contribution in [0.4, 0.5) is 0 Å². The molecule has 2 fully saturated rings. The van der Waals surface area contributed by atoms with Gasteiger partial charge in [-0.15, -0.1) is 0 Å². The molecule has 1 unspecified atom stereocenters. The predicted octanol–water partition coefficient (Wildman–Crippen LogP) is 3.40. The fraction of sp³-hybridized carbons (Fsp3) is 0.500. The lowest BCUT2D eigenvalue weighted by atomic mass is 9.62. The molecule has 0 radical (unpaired) electrons. The summed E-state index contributed by atoms with van der Waals surface area (Å²) in [6.07, 6.45) is 2.48. The summed E-state index contributed by atoms with van der Waals surface area (Å²) in [7, 11) is 1.88. The van der Waals surface area contributed by atoms with Gasteiger partial charge in [-0.2, -0.15) is 0 Å². The van der Waals surface area contributed by atoms with Gasteiger partial charge in [-0.05, 0) is 55.2 Å². The van der Waals surface area contributed by atoms with Gasteiger partial charge in [0.2, 0.25) is 11.8 Å². The number of hydrogen-bond donors (Lipinski definition) is 1. The zero-order valence-corrected chi connectivity index (χ0v) is 21.2. The standard InChI is InChI=1S/C28H36N4O3/c1-19(2)24(30-25(33)22-12-8-9-20(3)29-22)27(35)32-17-14-28(15-18-32)13-16-31(4)26(34)23(28)21-10-6-5-7-11-21/h5-12,19,23-24H,13-18H2,1-4H3,(H,30,33)/t23?,24-/m1/s1. The Hall–Kier alpha value is -3.22. The molecular weight excluding hydrogens is 440 g/mol. The van der Waals surface area contributed by atoms with Gasteiger partial charge >= 0.3 is 0 Å². The molecule has 3 amide bonds. The van der Waals surface area contributed by atoms with Crippen LogP contribution in [0.3, 0.4) is 0 Å². The Kier molecular flexibility index (Phi) is 7.24. The van der Waals surface area contributed by atoms with Crippen LogP contribution in [0.1, 0.15) is 60.8 Å². The first-order valence-electron chi connectivity index (χ1n) is 12.5. The van der Waals surface area contributed by atoms with E-state index in [1.807, 2.05) is 74.0 Å². The Labute approximate surface area is 207 Å². The minimum atomic E-state index is -0.622. The van der Waals surface area contributed by atoms with E-state index in [9.17, 15) is 14.4 Å². The summed E-state index contributed by atoms with van der Waals surface area (Å²) in [5.74, 6) is -0.479. The fourth-order valence-electron chi connectivity index (χ4n) is 5.57. The van der Waals surface area contributed by atoms with Gasteiger partial charge in [0.05, 0.1) is 5.92 Å². The second-order valence-corrected chi connectivity index (χ2v) is 10.4. The van der Waals surface area contributed by atoms with Crippen molar-refractivity contribution >= 4 is 17.7 Å². The third-order valence-corrected chi connectivity index (χ3v) is 7.72. The van der Waals surface area contributed by atoms with E-state index in [2.05, 4.69) is 10.3 Å². The Morgan fingerprint density at radius 1 is 1.00 bits per heavy atom. The number of pyridine rings is 1. The monoisotopic (exact) mass is 476 g/mol. The molecule has 1 aromatic heterocycles. The van der Waals surface area contributed by atoms with Crippen LogP contribution in [0, 0.1) is 18.3 Å². The maximum Gasteiger partial charge on any atom is 0.270 e. The number of benzene rings is 1. The molecule has 4 rings (SSSR count). The molecule has 1 spiro atoms. The van der Waals surface area contributed by atoms with E-state index in [0.717, 1.165) is 37.1 Å². The summed E-state index contributed by atoms with van der Waals surface area (Å²) in [6.45, 7) is 7.63. The third-order valence-electron chi connectivity index (χ3n) is 7.72. The summed E-state index contributed by atoms with van der Waals surface area (Å²) < 4.78 is 0. The zero-order chi connectivity index (χ0) is 25.2. The number of nitrogens with one attached hydrogen (secondary N) is 1. The molecule has 2 aromatic rings. The van der Waals surface area contributed by atoms with Crippen LogP contribution in [0.25, 0.3) is 0 Å². The first kappa shape index (κ1) is 24.9. The molecule has 186 valence electrons. The normalized spacial score (nSPS) is 20.7. The number of aryl methyl sites for hydroxylation is 1. The highest BCUT2D eigenvalue weighted by Gasteiger charge is 2.50. The smallest absolute Gasteiger partial charge is 0.270 e. The van der Waals surface area contributed by atoms with Gasteiger partial charge in [-0.3, -0.25) is 14.4 Å². The number of carbonyl (C=O) groups excluding carboxylic acids is 3. The lowest BCUT2D eigenvalue weighted by Gasteiger charge is -2.51. The van der Waals surface area contributed by atoms with Crippen LogP contribution in [-0.2, 0) is 9.59 Å². The van der Waals surface area contributed by atoms with Crippen LogP contribution in [0.2, 0.25) is 0 Å². The van der Waals surface area contributed by atoms with Gasteiger partial charge in [0, 0.05) is 32.4 Å². The molecule has 7 nitrogen and oxygen atoms in total. The number of hydrogen-bond acceptors (Lipinski definition) is 4. The van der Waals surface area contributed by atoms with Crippen LogP contribution < -0.4 is 5.32 Å². The largest absolute Gasteiger partial charge is 0.345 e. The molecule has 0 bridgehead atoms. The van der Waals surface area contributed by atoms with E-state index < -0.39 is 6.04 Å². The fourth-order valence-corrected chi connectivity index (χ4v) is 5.57. The van der Waals surface area contributed by atoms with Crippen molar-refractivity contribution < 1.29 is 14.4 Å². The second-order valence-electron chi connectivity index (χ2n) is 10.4. The molecule has 0 saturated carbocycles. The number of carbonyl (C=O) groups is 3. The number of aromatic nitrogens is 1. The maximum absolute atomic E-state index is 13.5. The van der Waals surface area contributed by atoms with Crippen molar-refractivity contribution in [1.82, 2.24) is 20.1 Å². The molecule has 0 aliphatic carbocycles. The lowest BCUT2D eigenvalue weighted by molar-refractivity contribution is -0.144. The topological polar surface area (TPSA) is 82.6 Å². The van der Waals surface area contributed by atoms with Gasteiger partial charge in [0.15, 0.2) is 0 Å². The van der Waals surface area contributed by atoms with E-state index in [0.29, 0.717) is 18.8 Å². The quantitative estimate of drug-likeness (QED) is 0.717. The summed E-state index contributed by atoms with van der Waals surface area (Å²) in [5.41, 5.74) is 1.98. The van der Waals surface area contributed by atoms with Crippen LogP contribution >= 0.6 is 0 Å². The summed E-state index contributed by atoms with van der Waals surface area (Å²) in [5, 5.41) is 2.92. The van der Waals surface area contributed by atoms with Crippen LogP contribution in [0.15, 0.2) is 48.5 Å². The van der Waals surface area contributed by atoms with Crippen LogP contribution in [0.5, 0.6) is 0 Å². The van der Waals surface area contributed by atoms with Crippen molar-refractivity contribution in [3.8, 4) is 0 Å². The summed E-state index contributed by atoms with van der Waals surface area (Å²) in [4.78, 5) is 47.6. The van der Waals surface area contributed by atoms with Crippen molar-refractivity contribution in [3.05, 3.63) is 65.5 Å². The molecule has 2 aliphatic heterocycles. The van der Waals surface area contributed by atoms with E-state index in [1.165, 1.54) is 0 Å². The Morgan fingerprint density at radius 2 is 1.66 bits per heavy atom. The minimum absolute atomic E-state index is 0.0610. The lowest BCUT2D eigenvalue weighted by Crippen LogP contribution is -2.57. The highest BCUT2D eigenvalue weighted by molar-refractivity contribution is 5.96. The Morgan fingerprint density at radius 3 is 2.29 bits per heavy atom. The van der Waals surface area contributed by atoms with Crippen molar-refractivity contribution in [3.63, 3.8) is 0 Å². The van der Waals surface area contributed by atoms with Crippen molar-refractivity contribution in [2.24, 2.45) is 11.3 Å². The van der Waals surface area contributed by atoms with Crippen molar-refractivity contribution in [1.29, 1.82) is 0 Å². The van der Waals surface area contributed by atoms with Crippen molar-refractivity contribution in [2.75, 3.05) is 26.7 Å². The zero-order valence-electron chi connectivity index (χ0n) is 21.2. The number of nitrogens with zero attached hydrogens (tertiary/aromatic N) is 3. The van der Waals surface area contributed by atoms with E-state index in [-0.39, 0.29) is 35.0 Å². The van der Waals surface area contributed by atoms with Gasteiger partial charge in [-0.1, -0.05) is 50.2 Å². The van der Waals surface area contributed by atoms with Gasteiger partial charge < -0.3 is 15.1 Å². The molecule has 2 atom stereocenters. The van der Waals surface area contributed by atoms with E-state index in [1.54, 1.807) is 12.1 Å². The highest BCUT2D eigenvalue weighted by atomic mass is 16.2. The molecule has 35 heavy (non-hydrogen) atoms. The summed E-state index contributed by atoms with van der Waals surface area (Å²) in [6, 6.07) is 14.7. The first-order chi connectivity index (χ1) is 16.7. The first-order valence-corrected chi connectivity index (χ1v) is 12.5. The Bertz CT molecular complexity index is 1080. The van der Waals surface area contributed by atoms with Crippen molar-refractivity contribution in [2.45, 2.75) is 52.0 Å². The molecular formula is C28H36N4O3. The maximum atomic E-state index is 13.5. The Balaban J connectivity index is 1.48. The van der Waals surface area contributed by atoms with E-state index in [4.69, 9.17) is 0 Å². The molecule has 3 heterocycles. The SMILES string of the molecule is Cc1cccc(C(=O)N[C@@H](C(=O)N2CCC3(CCN(C)C(=O)C3c3ccccc3)CC2)C(C)C)n1. The second kappa shape index (κ2) is 10.2. The van der Waals surface area contributed by atoms with E-state index >= 15 is 0 Å². The highest BCUT2D eigenvalue weighted by Crippen LogP contribution is 2.50. The van der Waals surface area contributed by atoms with Gasteiger partial charge in [0.25, 0.3) is 5.91 Å². The van der Waals surface area contributed by atoms with Gasteiger partial charge in [0.1, 0.15) is 11.7 Å². The number of rotatable bonds is 5. The molecule has 2 saturated heterocycles. The molecule has 2 aliphatic rings. The average Bonchev–Trinajstić information content (AvgIpc) is 2.85. The third kappa shape index (κ3) is 5.09. The number of amides is 3. The average molecular weight is 477 g/mol. The summed E-state index contributed by atoms with van der Waals surface area (Å²) >= 11 is 0. The van der Waals surface area contributed by atoms with Crippen LogP contribution in [-0.4, -0.2) is 65.2 Å². The number of likely N-dealkylation sites (N-methyl/N-ethyl adjacent to an activating group) is 1. The number of piperidine rings is 2.